The van der Waals surface area contributed by atoms with E-state index in [1.54, 1.807) is 11.6 Å². The van der Waals surface area contributed by atoms with E-state index < -0.39 is 10.8 Å². The molecule has 0 unspecified atom stereocenters. The van der Waals surface area contributed by atoms with Crippen LogP contribution in [0.15, 0.2) is 29.0 Å². The maximum atomic E-state index is 12.0. The van der Waals surface area contributed by atoms with Crippen LogP contribution in [-0.2, 0) is 13.6 Å². The van der Waals surface area contributed by atoms with Crippen molar-refractivity contribution in [1.29, 1.82) is 0 Å². The van der Waals surface area contributed by atoms with E-state index in [0.717, 1.165) is 0 Å². The van der Waals surface area contributed by atoms with Crippen LogP contribution in [0.3, 0.4) is 0 Å². The lowest BCUT2D eigenvalue weighted by molar-refractivity contribution is -0.385. The van der Waals surface area contributed by atoms with Gasteiger partial charge in [-0.15, -0.1) is 10.2 Å². The maximum Gasteiger partial charge on any atom is 0.284 e. The molecule has 0 bridgehead atoms. The number of rotatable bonds is 4. The summed E-state index contributed by atoms with van der Waals surface area (Å²) in [5.74, 6) is 0.156. The molecule has 0 spiro atoms. The monoisotopic (exact) mass is 339 g/mol. The number of carbonyl (C=O) groups excluding carboxylic acids is 1. The molecule has 9 heteroatoms. The van der Waals surface area contributed by atoms with Crippen LogP contribution >= 0.6 is 15.9 Å². The Bertz CT molecular complexity index is 670. The SMILES string of the molecule is Cn1cnnc1CNC(=O)c1cccc([N+](=O)[O-])c1Br. The molecule has 0 fully saturated rings. The Morgan fingerprint density at radius 1 is 1.55 bits per heavy atom. The standard InChI is InChI=1S/C11H10BrN5O3/c1-16-6-14-15-9(16)5-13-11(18)7-3-2-4-8(10(7)12)17(19)20/h2-4,6H,5H2,1H3,(H,13,18). The van der Waals surface area contributed by atoms with Crippen molar-refractivity contribution < 1.29 is 9.72 Å². The minimum Gasteiger partial charge on any atom is -0.345 e. The van der Waals surface area contributed by atoms with Gasteiger partial charge in [0.1, 0.15) is 10.8 Å². The number of hydrogen-bond donors (Lipinski definition) is 1. The van der Waals surface area contributed by atoms with Gasteiger partial charge in [0.25, 0.3) is 11.6 Å². The smallest absolute Gasteiger partial charge is 0.284 e. The molecule has 0 radical (unpaired) electrons. The minimum absolute atomic E-state index is 0.153. The highest BCUT2D eigenvalue weighted by Crippen LogP contribution is 2.28. The first-order chi connectivity index (χ1) is 9.50. The average molecular weight is 340 g/mol. The summed E-state index contributed by atoms with van der Waals surface area (Å²) in [5, 5.41) is 21.0. The molecule has 2 rings (SSSR count). The van der Waals surface area contributed by atoms with Gasteiger partial charge in [0, 0.05) is 13.1 Å². The minimum atomic E-state index is -0.552. The van der Waals surface area contributed by atoms with Gasteiger partial charge in [0.15, 0.2) is 5.82 Å². The lowest BCUT2D eigenvalue weighted by atomic mass is 10.2. The molecule has 0 saturated carbocycles. The van der Waals surface area contributed by atoms with Crippen molar-refractivity contribution in [1.82, 2.24) is 20.1 Å². The van der Waals surface area contributed by atoms with Crippen LogP contribution in [0, 0.1) is 10.1 Å². The topological polar surface area (TPSA) is 103 Å². The van der Waals surface area contributed by atoms with E-state index in [1.807, 2.05) is 0 Å². The predicted molar refractivity (Wildman–Crippen MR) is 73.0 cm³/mol. The number of nitrogens with zero attached hydrogens (tertiary/aromatic N) is 4. The van der Waals surface area contributed by atoms with Gasteiger partial charge >= 0.3 is 0 Å². The summed E-state index contributed by atoms with van der Waals surface area (Å²) in [6.07, 6.45) is 1.52. The third-order valence-electron chi connectivity index (χ3n) is 2.63. The van der Waals surface area contributed by atoms with Gasteiger partial charge in [-0.2, -0.15) is 0 Å². The predicted octanol–water partition coefficient (Wildman–Crippen LogP) is 1.42. The number of amides is 1. The summed E-state index contributed by atoms with van der Waals surface area (Å²) in [6, 6.07) is 4.28. The van der Waals surface area contributed by atoms with E-state index in [9.17, 15) is 14.9 Å². The molecular weight excluding hydrogens is 330 g/mol. The summed E-state index contributed by atoms with van der Waals surface area (Å²) < 4.78 is 1.82. The number of benzene rings is 1. The largest absolute Gasteiger partial charge is 0.345 e. The van der Waals surface area contributed by atoms with Crippen molar-refractivity contribution in [3.8, 4) is 0 Å². The Morgan fingerprint density at radius 2 is 2.30 bits per heavy atom. The zero-order valence-electron chi connectivity index (χ0n) is 10.4. The van der Waals surface area contributed by atoms with Crippen molar-refractivity contribution in [3.05, 3.63) is 50.5 Å². The number of hydrogen-bond acceptors (Lipinski definition) is 5. The summed E-state index contributed by atoms with van der Waals surface area (Å²) in [5.41, 5.74) is 0.0395. The second kappa shape index (κ2) is 5.78. The second-order valence-corrected chi connectivity index (χ2v) is 4.73. The molecule has 1 aromatic heterocycles. The fourth-order valence-corrected chi connectivity index (χ4v) is 2.15. The van der Waals surface area contributed by atoms with Crippen molar-refractivity contribution >= 4 is 27.5 Å². The number of aromatic nitrogens is 3. The summed E-state index contributed by atoms with van der Waals surface area (Å²) in [6.45, 7) is 0.185. The highest BCUT2D eigenvalue weighted by Gasteiger charge is 2.19. The molecule has 0 atom stereocenters. The zero-order chi connectivity index (χ0) is 14.7. The Labute approximate surface area is 122 Å². The zero-order valence-corrected chi connectivity index (χ0v) is 12.0. The third-order valence-corrected chi connectivity index (χ3v) is 3.47. The fraction of sp³-hybridized carbons (Fsp3) is 0.182. The average Bonchev–Trinajstić information content (AvgIpc) is 2.81. The van der Waals surface area contributed by atoms with Crippen LogP contribution in [0.25, 0.3) is 0 Å². The van der Waals surface area contributed by atoms with Crippen LogP contribution in [-0.4, -0.2) is 25.6 Å². The molecule has 8 nitrogen and oxygen atoms in total. The van der Waals surface area contributed by atoms with Crippen molar-refractivity contribution in [2.75, 3.05) is 0 Å². The van der Waals surface area contributed by atoms with Gasteiger partial charge < -0.3 is 9.88 Å². The third kappa shape index (κ3) is 2.82. The fourth-order valence-electron chi connectivity index (χ4n) is 1.56. The molecule has 1 heterocycles. The molecule has 0 aliphatic rings. The summed E-state index contributed by atoms with van der Waals surface area (Å²) in [7, 11) is 1.75. The molecule has 0 aliphatic carbocycles. The first kappa shape index (κ1) is 14.1. The van der Waals surface area contributed by atoms with Gasteiger partial charge in [-0.3, -0.25) is 14.9 Å². The number of carbonyl (C=O) groups is 1. The molecule has 2 aromatic rings. The van der Waals surface area contributed by atoms with E-state index >= 15 is 0 Å². The van der Waals surface area contributed by atoms with Gasteiger partial charge in [0.05, 0.1) is 17.0 Å². The number of nitro benzene ring substituents is 1. The van der Waals surface area contributed by atoms with Crippen molar-refractivity contribution in [2.24, 2.45) is 7.05 Å². The normalized spacial score (nSPS) is 10.3. The Kier molecular flexibility index (Phi) is 4.08. The molecular formula is C11H10BrN5O3. The highest BCUT2D eigenvalue weighted by molar-refractivity contribution is 9.10. The highest BCUT2D eigenvalue weighted by atomic mass is 79.9. The maximum absolute atomic E-state index is 12.0. The van der Waals surface area contributed by atoms with E-state index in [1.165, 1.54) is 24.5 Å². The van der Waals surface area contributed by atoms with Crippen LogP contribution in [0.1, 0.15) is 16.2 Å². The molecule has 0 saturated heterocycles. The first-order valence-corrected chi connectivity index (χ1v) is 6.34. The molecule has 104 valence electrons. The lowest BCUT2D eigenvalue weighted by Crippen LogP contribution is -2.24. The molecule has 1 aromatic carbocycles. The van der Waals surface area contributed by atoms with E-state index in [2.05, 4.69) is 31.4 Å². The summed E-state index contributed by atoms with van der Waals surface area (Å²) in [4.78, 5) is 22.3. The first-order valence-electron chi connectivity index (χ1n) is 5.54. The van der Waals surface area contributed by atoms with Crippen LogP contribution in [0.2, 0.25) is 0 Å². The molecule has 20 heavy (non-hydrogen) atoms. The Balaban J connectivity index is 2.16. The van der Waals surface area contributed by atoms with Crippen LogP contribution in [0.4, 0.5) is 5.69 Å². The number of nitro groups is 1. The second-order valence-electron chi connectivity index (χ2n) is 3.94. The van der Waals surface area contributed by atoms with E-state index in [-0.39, 0.29) is 22.3 Å². The van der Waals surface area contributed by atoms with Gasteiger partial charge in [-0.05, 0) is 22.0 Å². The van der Waals surface area contributed by atoms with Crippen LogP contribution in [0.5, 0.6) is 0 Å². The Hall–Kier alpha value is -2.29. The quantitative estimate of drug-likeness (QED) is 0.670. The van der Waals surface area contributed by atoms with Crippen LogP contribution < -0.4 is 5.32 Å². The van der Waals surface area contributed by atoms with Gasteiger partial charge in [0.2, 0.25) is 0 Å². The summed E-state index contributed by atoms with van der Waals surface area (Å²) >= 11 is 3.08. The molecule has 0 aliphatic heterocycles. The lowest BCUT2D eigenvalue weighted by Gasteiger charge is -2.06. The van der Waals surface area contributed by atoms with E-state index in [4.69, 9.17) is 0 Å². The molecule has 1 N–H and O–H groups in total. The Morgan fingerprint density at radius 3 is 2.90 bits per heavy atom. The van der Waals surface area contributed by atoms with Gasteiger partial charge in [-0.25, -0.2) is 0 Å². The van der Waals surface area contributed by atoms with Crippen molar-refractivity contribution in [2.45, 2.75) is 6.54 Å². The number of nitrogens with one attached hydrogen (secondary N) is 1. The number of halogens is 1. The molecule has 1 amide bonds. The van der Waals surface area contributed by atoms with Crippen molar-refractivity contribution in [3.63, 3.8) is 0 Å². The number of aryl methyl sites for hydroxylation is 1. The van der Waals surface area contributed by atoms with Gasteiger partial charge in [-0.1, -0.05) is 6.07 Å². The van der Waals surface area contributed by atoms with E-state index in [0.29, 0.717) is 5.82 Å².